The molecule has 5 nitrogen and oxygen atoms in total. The Morgan fingerprint density at radius 1 is 1.52 bits per heavy atom. The van der Waals surface area contributed by atoms with Crippen molar-refractivity contribution in [1.82, 2.24) is 19.7 Å². The molecule has 3 heterocycles. The number of rotatable bonds is 4. The normalized spacial score (nSPS) is 19.5. The van der Waals surface area contributed by atoms with Gasteiger partial charge in [0.05, 0.1) is 0 Å². The summed E-state index contributed by atoms with van der Waals surface area (Å²) >= 11 is 0. The van der Waals surface area contributed by atoms with Gasteiger partial charge in [-0.25, -0.2) is 0 Å². The predicted octanol–water partition coefficient (Wildman–Crippen LogP) is 2.48. The smallest absolute Gasteiger partial charge is 0.120 e. The molecule has 1 aliphatic rings. The zero-order valence-corrected chi connectivity index (χ0v) is 12.4. The van der Waals surface area contributed by atoms with E-state index < -0.39 is 0 Å². The molecular weight excluding hydrogens is 262 g/mol. The van der Waals surface area contributed by atoms with E-state index in [0.29, 0.717) is 5.92 Å². The van der Waals surface area contributed by atoms with Gasteiger partial charge in [-0.15, -0.1) is 0 Å². The number of likely N-dealkylation sites (tertiary alicyclic amines) is 1. The molecule has 2 aromatic heterocycles. The number of nitriles is 1. The van der Waals surface area contributed by atoms with Gasteiger partial charge >= 0.3 is 0 Å². The Morgan fingerprint density at radius 3 is 3.10 bits per heavy atom. The van der Waals surface area contributed by atoms with Crippen LogP contribution in [0.25, 0.3) is 0 Å². The predicted molar refractivity (Wildman–Crippen MR) is 80.7 cm³/mol. The van der Waals surface area contributed by atoms with Gasteiger partial charge in [0.15, 0.2) is 0 Å². The molecule has 1 aliphatic heterocycles. The SMILES string of the molecule is CCn1cc(CN2CCC[C@@H](c3ccn[nH]3)C2)cc1C#N. The first-order chi connectivity index (χ1) is 10.3. The van der Waals surface area contributed by atoms with Gasteiger partial charge in [0.25, 0.3) is 0 Å². The van der Waals surface area contributed by atoms with Crippen molar-refractivity contribution in [2.75, 3.05) is 13.1 Å². The first-order valence-electron chi connectivity index (χ1n) is 7.61. The Kier molecular flexibility index (Phi) is 4.07. The van der Waals surface area contributed by atoms with Gasteiger partial charge in [-0.05, 0) is 44.0 Å². The fourth-order valence-corrected chi connectivity index (χ4v) is 3.22. The van der Waals surface area contributed by atoms with E-state index in [0.717, 1.165) is 31.9 Å². The number of aryl methyl sites for hydroxylation is 1. The third-order valence-corrected chi connectivity index (χ3v) is 4.28. The number of hydrogen-bond donors (Lipinski definition) is 1. The average molecular weight is 283 g/mol. The van der Waals surface area contributed by atoms with Crippen LogP contribution < -0.4 is 0 Å². The van der Waals surface area contributed by atoms with Crippen molar-refractivity contribution in [3.8, 4) is 6.07 Å². The monoisotopic (exact) mass is 283 g/mol. The van der Waals surface area contributed by atoms with E-state index in [1.807, 2.05) is 16.8 Å². The molecule has 1 saturated heterocycles. The lowest BCUT2D eigenvalue weighted by Crippen LogP contribution is -2.33. The Morgan fingerprint density at radius 2 is 2.43 bits per heavy atom. The van der Waals surface area contributed by atoms with E-state index in [1.165, 1.54) is 24.1 Å². The van der Waals surface area contributed by atoms with Crippen molar-refractivity contribution in [3.63, 3.8) is 0 Å². The minimum Gasteiger partial charge on any atom is -0.339 e. The van der Waals surface area contributed by atoms with Crippen LogP contribution >= 0.6 is 0 Å². The molecule has 0 bridgehead atoms. The second-order valence-electron chi connectivity index (χ2n) is 5.72. The van der Waals surface area contributed by atoms with Crippen molar-refractivity contribution < 1.29 is 0 Å². The van der Waals surface area contributed by atoms with Crippen LogP contribution in [0.5, 0.6) is 0 Å². The van der Waals surface area contributed by atoms with Crippen LogP contribution in [-0.4, -0.2) is 32.8 Å². The highest BCUT2D eigenvalue weighted by atomic mass is 15.2. The quantitative estimate of drug-likeness (QED) is 0.937. The third kappa shape index (κ3) is 3.01. The number of aromatic nitrogens is 3. The van der Waals surface area contributed by atoms with E-state index in [1.54, 1.807) is 0 Å². The van der Waals surface area contributed by atoms with Crippen LogP contribution in [-0.2, 0) is 13.1 Å². The molecule has 0 radical (unpaired) electrons. The average Bonchev–Trinajstić information content (AvgIpc) is 3.16. The van der Waals surface area contributed by atoms with Gasteiger partial charge in [0.1, 0.15) is 11.8 Å². The van der Waals surface area contributed by atoms with Crippen molar-refractivity contribution in [2.24, 2.45) is 0 Å². The standard InChI is InChI=1S/C16H21N5/c1-2-21-11-13(8-15(21)9-17)10-20-7-3-4-14(12-20)16-5-6-18-19-16/h5-6,8,11,14H,2-4,7,10,12H2,1H3,(H,18,19)/t14-/m1/s1. The molecule has 0 aromatic carbocycles. The summed E-state index contributed by atoms with van der Waals surface area (Å²) in [6.45, 7) is 6.02. The highest BCUT2D eigenvalue weighted by Gasteiger charge is 2.22. The number of nitrogens with zero attached hydrogens (tertiary/aromatic N) is 4. The Labute approximate surface area is 125 Å². The summed E-state index contributed by atoms with van der Waals surface area (Å²) < 4.78 is 2.02. The molecule has 0 spiro atoms. The van der Waals surface area contributed by atoms with E-state index >= 15 is 0 Å². The molecule has 110 valence electrons. The highest BCUT2D eigenvalue weighted by molar-refractivity contribution is 5.28. The summed E-state index contributed by atoms with van der Waals surface area (Å²) in [5, 5.41) is 16.3. The summed E-state index contributed by atoms with van der Waals surface area (Å²) in [4.78, 5) is 2.48. The molecule has 0 unspecified atom stereocenters. The van der Waals surface area contributed by atoms with Crippen LogP contribution in [0.1, 0.15) is 42.6 Å². The van der Waals surface area contributed by atoms with Crippen molar-refractivity contribution >= 4 is 0 Å². The maximum atomic E-state index is 9.14. The van der Waals surface area contributed by atoms with Gasteiger partial charge in [-0.1, -0.05) is 0 Å². The Bertz CT molecular complexity index is 620. The largest absolute Gasteiger partial charge is 0.339 e. The second-order valence-corrected chi connectivity index (χ2v) is 5.72. The van der Waals surface area contributed by atoms with E-state index in [-0.39, 0.29) is 0 Å². The van der Waals surface area contributed by atoms with E-state index in [2.05, 4.69) is 40.4 Å². The summed E-state index contributed by atoms with van der Waals surface area (Å²) in [7, 11) is 0. The lowest BCUT2D eigenvalue weighted by molar-refractivity contribution is 0.198. The minimum absolute atomic E-state index is 0.546. The fourth-order valence-electron chi connectivity index (χ4n) is 3.22. The topological polar surface area (TPSA) is 60.6 Å². The minimum atomic E-state index is 0.546. The first kappa shape index (κ1) is 13.9. The first-order valence-corrected chi connectivity index (χ1v) is 7.61. The molecule has 1 atom stereocenters. The van der Waals surface area contributed by atoms with E-state index in [9.17, 15) is 0 Å². The maximum absolute atomic E-state index is 9.14. The summed E-state index contributed by atoms with van der Waals surface area (Å²) in [5.41, 5.74) is 3.23. The zero-order valence-electron chi connectivity index (χ0n) is 12.4. The lowest BCUT2D eigenvalue weighted by Gasteiger charge is -2.31. The molecule has 2 aromatic rings. The molecule has 0 saturated carbocycles. The summed E-state index contributed by atoms with van der Waals surface area (Å²) in [5.74, 6) is 0.546. The zero-order chi connectivity index (χ0) is 14.7. The number of nitrogens with one attached hydrogen (secondary N) is 1. The molecule has 3 rings (SSSR count). The molecule has 5 heteroatoms. The van der Waals surface area contributed by atoms with Crippen LogP contribution in [0.2, 0.25) is 0 Å². The number of aromatic amines is 1. The second kappa shape index (κ2) is 6.15. The van der Waals surface area contributed by atoms with Gasteiger partial charge in [-0.2, -0.15) is 10.4 Å². The summed E-state index contributed by atoms with van der Waals surface area (Å²) in [6, 6.07) is 6.36. The number of H-pyrrole nitrogens is 1. The van der Waals surface area contributed by atoms with Crippen LogP contribution in [0.4, 0.5) is 0 Å². The Balaban J connectivity index is 1.67. The molecule has 1 N–H and O–H groups in total. The number of piperidine rings is 1. The highest BCUT2D eigenvalue weighted by Crippen LogP contribution is 2.26. The maximum Gasteiger partial charge on any atom is 0.120 e. The van der Waals surface area contributed by atoms with Gasteiger partial charge < -0.3 is 4.57 Å². The van der Waals surface area contributed by atoms with Gasteiger partial charge in [-0.3, -0.25) is 10.00 Å². The summed E-state index contributed by atoms with van der Waals surface area (Å²) in [6.07, 6.45) is 6.37. The van der Waals surface area contributed by atoms with Gasteiger partial charge in [0.2, 0.25) is 0 Å². The Hall–Kier alpha value is -2.06. The number of hydrogen-bond acceptors (Lipinski definition) is 3. The molecule has 0 aliphatic carbocycles. The van der Waals surface area contributed by atoms with Crippen molar-refractivity contribution in [2.45, 2.75) is 38.8 Å². The van der Waals surface area contributed by atoms with Crippen molar-refractivity contribution in [3.05, 3.63) is 41.5 Å². The molecule has 21 heavy (non-hydrogen) atoms. The molecule has 1 fully saturated rings. The molecular formula is C16H21N5. The fraction of sp³-hybridized carbons (Fsp3) is 0.500. The van der Waals surface area contributed by atoms with Crippen LogP contribution in [0.3, 0.4) is 0 Å². The lowest BCUT2D eigenvalue weighted by atomic mass is 9.95. The molecule has 0 amide bonds. The van der Waals surface area contributed by atoms with E-state index in [4.69, 9.17) is 5.26 Å². The van der Waals surface area contributed by atoms with Gasteiger partial charge in [0, 0.05) is 43.6 Å². The third-order valence-electron chi connectivity index (χ3n) is 4.28. The van der Waals surface area contributed by atoms with Crippen LogP contribution in [0, 0.1) is 11.3 Å². The van der Waals surface area contributed by atoms with Crippen molar-refractivity contribution in [1.29, 1.82) is 5.26 Å². The van der Waals surface area contributed by atoms with Crippen LogP contribution in [0.15, 0.2) is 24.5 Å².